The van der Waals surface area contributed by atoms with Gasteiger partial charge in [0.15, 0.2) is 31.5 Å². The zero-order chi connectivity index (χ0) is 76.9. The molecule has 602 valence electrons. The Morgan fingerprint density at radius 1 is 0.500 bits per heavy atom. The van der Waals surface area contributed by atoms with E-state index in [1.165, 1.54) is 44.6 Å². The Morgan fingerprint density at radius 3 is 1.46 bits per heavy atom. The summed E-state index contributed by atoms with van der Waals surface area (Å²) in [5.41, 5.74) is 0. The van der Waals surface area contributed by atoms with Crippen molar-refractivity contribution in [3.8, 4) is 0 Å². The van der Waals surface area contributed by atoms with Crippen molar-refractivity contribution in [2.45, 2.75) is 313 Å². The molecule has 6 fully saturated rings. The van der Waals surface area contributed by atoms with Crippen molar-refractivity contribution in [2.24, 2.45) is 0 Å². The average Bonchev–Trinajstić information content (AvgIpc) is 0.752. The van der Waals surface area contributed by atoms with Gasteiger partial charge in [-0.1, -0.05) is 83.3 Å². The molecule has 6 aliphatic heterocycles. The largest absolute Gasteiger partial charge is 0.477 e. The maximum atomic E-state index is 13.8. The quantitative estimate of drug-likeness (QED) is 0.0154. The molecule has 104 heavy (non-hydrogen) atoms. The van der Waals surface area contributed by atoms with Crippen LogP contribution in [0.4, 0.5) is 0 Å². The Balaban J connectivity index is 1.29. The van der Waals surface area contributed by atoms with Gasteiger partial charge in [-0.2, -0.15) is 0 Å². The van der Waals surface area contributed by atoms with E-state index < -0.39 is 278 Å². The zero-order valence-corrected chi connectivity index (χ0v) is 58.3. The lowest BCUT2D eigenvalue weighted by molar-refractivity contribution is -0.404. The second kappa shape index (κ2) is 42.7. The summed E-state index contributed by atoms with van der Waals surface area (Å²) in [6.07, 6.45) is -43.1. The fourth-order valence-corrected chi connectivity index (χ4v) is 13.4. The second-order valence-electron chi connectivity index (χ2n) is 26.8. The second-order valence-corrected chi connectivity index (χ2v) is 26.8. The number of carboxylic acids is 1. The number of carbonyl (C=O) groups excluding carboxylic acids is 4. The first kappa shape index (κ1) is 88.8. The van der Waals surface area contributed by atoms with Gasteiger partial charge in [-0.05, 0) is 12.8 Å². The van der Waals surface area contributed by atoms with E-state index in [-0.39, 0.29) is 6.41 Å². The molecular formula is C64H110N4O36. The third-order valence-electron chi connectivity index (χ3n) is 19.0. The predicted octanol–water partition coefficient (Wildman–Crippen LogP) is -9.71. The summed E-state index contributed by atoms with van der Waals surface area (Å²) in [7, 11) is 0. The molecule has 6 rings (SSSR count). The van der Waals surface area contributed by atoms with Gasteiger partial charge in [0.2, 0.25) is 24.1 Å². The standard InChI is InChI=1S/C64H110N4O36/c1-5-6-7-8-9-10-11-12-13-14-15-16-17-18-32(79)31(65-27-75)26-93-60-49(88)47(86)53(37(23-72)96-60)100-62-51(90)57(104-64(63(91)92)19-33(80)40(66-28(2)76)56(103-64)43(82)34(81)20-69)54(39(25-74)98-62)101-59-42(68-30(4)78)55(45(84)36(22-71)95-59)102-61-50(89)48(87)52(38(24-73)97-61)99-58-41(67-29(3)77)46(85)44(83)35(21-70)94-58/h17-18,27,31-62,69-74,79-90H,5-16,19-26H2,1-4H3,(H,65,75)(H,66,76)(H,67,77)(H,68,78)(H,91,92)/b18-17+/t31-,32+,33-,34+,35+,36+,37+,38+,39+,40+,41+,42+,43+,44-,45-,46+,47+,48+,49+,50+,51+,52-,53+,54-,55+,56+,57+,58-,59-,60+,61-,62-,64-/m0/s1. The summed E-state index contributed by atoms with van der Waals surface area (Å²) in [6.45, 7) is -2.28. The summed E-state index contributed by atoms with van der Waals surface area (Å²) < 4.78 is 71.4. The van der Waals surface area contributed by atoms with Crippen LogP contribution in [0, 0.1) is 0 Å². The Kier molecular flexibility index (Phi) is 36.5. The van der Waals surface area contributed by atoms with Gasteiger partial charge in [0, 0.05) is 27.2 Å². The van der Waals surface area contributed by atoms with Crippen LogP contribution in [0.2, 0.25) is 0 Å². The number of aliphatic carboxylic acids is 1. The molecule has 0 radical (unpaired) electrons. The number of aliphatic hydroxyl groups excluding tert-OH is 18. The van der Waals surface area contributed by atoms with E-state index in [0.29, 0.717) is 6.42 Å². The Bertz CT molecular complexity index is 2610. The number of hydrogen-bond acceptors (Lipinski definition) is 35. The van der Waals surface area contributed by atoms with E-state index in [2.05, 4.69) is 28.2 Å². The maximum Gasteiger partial charge on any atom is 0.364 e. The molecule has 0 aliphatic carbocycles. The number of ether oxygens (including phenoxy) is 12. The molecule has 0 saturated carbocycles. The molecule has 0 aromatic carbocycles. The summed E-state index contributed by atoms with van der Waals surface area (Å²) in [4.78, 5) is 63.5. The first-order valence-corrected chi connectivity index (χ1v) is 35.1. The van der Waals surface area contributed by atoms with Crippen LogP contribution >= 0.6 is 0 Å². The number of allylic oxidation sites excluding steroid dienone is 1. The third kappa shape index (κ3) is 23.0. The first-order valence-electron chi connectivity index (χ1n) is 35.1. The lowest BCUT2D eigenvalue weighted by Crippen LogP contribution is -2.72. The normalized spacial score (nSPS) is 39.6. The van der Waals surface area contributed by atoms with Crippen molar-refractivity contribution in [3.63, 3.8) is 0 Å². The van der Waals surface area contributed by atoms with E-state index in [0.717, 1.165) is 52.9 Å². The van der Waals surface area contributed by atoms with Crippen molar-refractivity contribution in [1.29, 1.82) is 0 Å². The van der Waals surface area contributed by atoms with Crippen LogP contribution in [0.5, 0.6) is 0 Å². The van der Waals surface area contributed by atoms with Crippen molar-refractivity contribution in [1.82, 2.24) is 21.3 Å². The van der Waals surface area contributed by atoms with Crippen LogP contribution in [-0.4, -0.2) is 375 Å². The van der Waals surface area contributed by atoms with Gasteiger partial charge in [0.25, 0.3) is 5.79 Å². The van der Waals surface area contributed by atoms with Crippen molar-refractivity contribution in [3.05, 3.63) is 12.2 Å². The zero-order valence-electron chi connectivity index (χ0n) is 58.3. The van der Waals surface area contributed by atoms with E-state index in [1.807, 2.05) is 0 Å². The van der Waals surface area contributed by atoms with Gasteiger partial charge in [0.1, 0.15) is 140 Å². The molecule has 40 nitrogen and oxygen atoms in total. The number of carbonyl (C=O) groups is 5. The Hall–Kier alpha value is -4.11. The van der Waals surface area contributed by atoms with Gasteiger partial charge < -0.3 is 175 Å². The van der Waals surface area contributed by atoms with Crippen LogP contribution in [0.15, 0.2) is 12.2 Å². The van der Waals surface area contributed by atoms with E-state index >= 15 is 0 Å². The van der Waals surface area contributed by atoms with E-state index in [1.54, 1.807) is 6.08 Å². The average molecular weight is 1510 g/mol. The molecule has 23 N–H and O–H groups in total. The van der Waals surface area contributed by atoms with Crippen molar-refractivity contribution in [2.75, 3.05) is 46.2 Å². The molecule has 40 heteroatoms. The van der Waals surface area contributed by atoms with Crippen LogP contribution in [0.1, 0.15) is 111 Å². The van der Waals surface area contributed by atoms with Crippen LogP contribution in [0.3, 0.4) is 0 Å². The highest BCUT2D eigenvalue weighted by atomic mass is 16.8. The predicted molar refractivity (Wildman–Crippen MR) is 344 cm³/mol. The summed E-state index contributed by atoms with van der Waals surface area (Å²) in [5, 5.41) is 221. The highest BCUT2D eigenvalue weighted by Crippen LogP contribution is 2.41. The Morgan fingerprint density at radius 2 is 0.942 bits per heavy atom. The molecule has 6 saturated heterocycles. The number of rotatable bonds is 41. The molecule has 6 aliphatic rings. The molecule has 0 spiro atoms. The number of carboxylic acid groups (broad SMARTS) is 1. The van der Waals surface area contributed by atoms with Crippen LogP contribution < -0.4 is 21.3 Å². The van der Waals surface area contributed by atoms with E-state index in [9.17, 15) is 121 Å². The number of hydrogen-bond donors (Lipinski definition) is 23. The maximum absolute atomic E-state index is 13.8. The topological polar surface area (TPSA) is 629 Å². The van der Waals surface area contributed by atoms with Gasteiger partial charge in [-0.15, -0.1) is 0 Å². The van der Waals surface area contributed by atoms with Gasteiger partial charge >= 0.3 is 5.97 Å². The molecular weight excluding hydrogens is 1400 g/mol. The highest BCUT2D eigenvalue weighted by molar-refractivity contribution is 5.77. The van der Waals surface area contributed by atoms with Gasteiger partial charge in [0.05, 0.1) is 70.5 Å². The molecule has 0 bridgehead atoms. The third-order valence-corrected chi connectivity index (χ3v) is 19.0. The van der Waals surface area contributed by atoms with Gasteiger partial charge in [-0.25, -0.2) is 4.79 Å². The van der Waals surface area contributed by atoms with E-state index in [4.69, 9.17) is 56.8 Å². The fourth-order valence-electron chi connectivity index (χ4n) is 13.4. The molecule has 4 amide bonds. The number of nitrogens with one attached hydrogen (secondary N) is 4. The minimum Gasteiger partial charge on any atom is -0.477 e. The van der Waals surface area contributed by atoms with Gasteiger partial charge in [-0.3, -0.25) is 19.2 Å². The minimum absolute atomic E-state index is 0.288. The summed E-state index contributed by atoms with van der Waals surface area (Å²) in [5.74, 6) is -8.30. The number of amides is 4. The Labute approximate surface area is 598 Å². The fraction of sp³-hybridized carbons (Fsp3) is 0.891. The summed E-state index contributed by atoms with van der Waals surface area (Å²) in [6, 6.07) is -6.61. The van der Waals surface area contributed by atoms with Crippen molar-refractivity contribution < 1.29 is 178 Å². The number of unbranched alkanes of at least 4 members (excludes halogenated alkanes) is 11. The lowest BCUT2D eigenvalue weighted by Gasteiger charge is -2.53. The molecule has 6 heterocycles. The molecule has 0 aromatic heterocycles. The molecule has 0 unspecified atom stereocenters. The monoisotopic (exact) mass is 1510 g/mol. The van der Waals surface area contributed by atoms with Crippen LogP contribution in [-0.2, 0) is 80.8 Å². The van der Waals surface area contributed by atoms with Crippen LogP contribution in [0.25, 0.3) is 0 Å². The summed E-state index contributed by atoms with van der Waals surface area (Å²) >= 11 is 0. The minimum atomic E-state index is -3.44. The van der Waals surface area contributed by atoms with Crippen molar-refractivity contribution >= 4 is 30.1 Å². The lowest BCUT2D eigenvalue weighted by atomic mass is 9.88. The SMILES string of the molecule is CCCCCCCCCCCCC/C=C/[C@@H](O)[C@H](CO[C@@H]1O[C@H](CO)[C@@H](O[C@@H]2O[C@H](CO)[C@H](O[C@@H]3O[C@H](CO)[C@H](O)[C@H](O[C@@H]4O[C@H](CO)[C@H](O[C@@H]5O[C@H](CO)[C@H](O)[C@H](O)[C@H]5NC(C)=O)[C@H](O)[C@H]4O)[C@H]3NC(C)=O)[C@H](O[C@]3(C(=O)O)C[C@H](O)[C@@H](NC(C)=O)[C@H]([C@H](O)[C@H](O)CO)O3)[C@H]2O)[C@H](O)[C@H]1O)NC=O. The highest BCUT2D eigenvalue weighted by Gasteiger charge is 2.63. The molecule has 33 atom stereocenters. The first-order chi connectivity index (χ1) is 49.5. The molecule has 0 aromatic rings. The smallest absolute Gasteiger partial charge is 0.364 e. The number of aliphatic hydroxyl groups is 18.